The normalized spacial score (nSPS) is 15.1. The molecule has 3 aromatic carbocycles. The Hall–Kier alpha value is -4.30. The lowest BCUT2D eigenvalue weighted by Crippen LogP contribution is -2.29. The Morgan fingerprint density at radius 2 is 1.97 bits per heavy atom. The number of amides is 1. The molecule has 172 valence electrons. The van der Waals surface area contributed by atoms with Crippen LogP contribution in [0.5, 0.6) is 5.75 Å². The second-order valence-electron chi connectivity index (χ2n) is 8.03. The van der Waals surface area contributed by atoms with Gasteiger partial charge in [0.1, 0.15) is 23.8 Å². The number of benzene rings is 3. The monoisotopic (exact) mass is 484 g/mol. The topological polar surface area (TPSA) is 72.6 Å². The van der Waals surface area contributed by atoms with Crippen molar-refractivity contribution in [1.82, 2.24) is 4.98 Å². The van der Waals surface area contributed by atoms with Crippen molar-refractivity contribution >= 4 is 43.6 Å². The van der Waals surface area contributed by atoms with E-state index in [0.29, 0.717) is 44.2 Å². The van der Waals surface area contributed by atoms with Crippen molar-refractivity contribution < 1.29 is 18.3 Å². The lowest BCUT2D eigenvalue weighted by molar-refractivity contribution is 0.0971. The number of hydrogen-bond donors (Lipinski definition) is 0. The van der Waals surface area contributed by atoms with Gasteiger partial charge in [-0.05, 0) is 48.0 Å². The van der Waals surface area contributed by atoms with Gasteiger partial charge in [-0.25, -0.2) is 9.37 Å². The molecule has 0 unspecified atom stereocenters. The molecule has 0 aliphatic carbocycles. The van der Waals surface area contributed by atoms with Gasteiger partial charge in [0.25, 0.3) is 5.91 Å². The number of thiazole rings is 1. The van der Waals surface area contributed by atoms with Crippen LogP contribution in [0.1, 0.15) is 27.7 Å². The first-order valence-electron chi connectivity index (χ1n) is 10.8. The number of rotatable bonds is 5. The van der Waals surface area contributed by atoms with Crippen LogP contribution in [0.3, 0.4) is 0 Å². The van der Waals surface area contributed by atoms with Crippen molar-refractivity contribution in [3.63, 3.8) is 0 Å². The van der Waals surface area contributed by atoms with Crippen LogP contribution in [0.25, 0.3) is 21.2 Å². The predicted molar refractivity (Wildman–Crippen MR) is 133 cm³/mol. The van der Waals surface area contributed by atoms with Crippen LogP contribution in [0.4, 0.5) is 9.52 Å². The summed E-state index contributed by atoms with van der Waals surface area (Å²) in [5, 5.41) is 0.726. The molecule has 35 heavy (non-hydrogen) atoms. The summed E-state index contributed by atoms with van der Waals surface area (Å²) in [6.07, 6.45) is 1.63. The third-order valence-corrected chi connectivity index (χ3v) is 6.88. The summed E-state index contributed by atoms with van der Waals surface area (Å²) in [7, 11) is 0. The Balaban J connectivity index is 1.60. The maximum Gasteiger partial charge on any atom is 0.297 e. The predicted octanol–water partition coefficient (Wildman–Crippen LogP) is 5.86. The highest BCUT2D eigenvalue weighted by Gasteiger charge is 2.45. The first-order valence-corrected chi connectivity index (χ1v) is 11.7. The second-order valence-corrected chi connectivity index (χ2v) is 9.04. The molecule has 1 aliphatic rings. The molecule has 0 radical (unpaired) electrons. The van der Waals surface area contributed by atoms with E-state index in [4.69, 9.17) is 9.15 Å². The molecule has 8 heteroatoms. The van der Waals surface area contributed by atoms with E-state index in [1.54, 1.807) is 54.6 Å². The van der Waals surface area contributed by atoms with Crippen LogP contribution in [0.15, 0.2) is 88.6 Å². The van der Waals surface area contributed by atoms with Crippen molar-refractivity contribution in [3.05, 3.63) is 112 Å². The van der Waals surface area contributed by atoms with Crippen LogP contribution in [0.2, 0.25) is 0 Å². The van der Waals surface area contributed by atoms with Gasteiger partial charge < -0.3 is 9.15 Å². The maximum atomic E-state index is 13.8. The lowest BCUT2D eigenvalue weighted by Gasteiger charge is -2.23. The average Bonchev–Trinajstić information content (AvgIpc) is 3.41. The molecule has 6 nitrogen and oxygen atoms in total. The quantitative estimate of drug-likeness (QED) is 0.292. The summed E-state index contributed by atoms with van der Waals surface area (Å²) in [6, 6.07) is 17.5. The Morgan fingerprint density at radius 3 is 2.83 bits per heavy atom. The summed E-state index contributed by atoms with van der Waals surface area (Å²) in [6.45, 7) is 3.98. The highest BCUT2D eigenvalue weighted by atomic mass is 32.1. The molecule has 2 aromatic heterocycles. The van der Waals surface area contributed by atoms with Crippen molar-refractivity contribution in [2.24, 2.45) is 0 Å². The molecule has 0 saturated carbocycles. The minimum absolute atomic E-state index is 0.0263. The molecular formula is C27H17FN2O4S. The zero-order valence-electron chi connectivity index (χ0n) is 18.2. The van der Waals surface area contributed by atoms with E-state index in [1.807, 2.05) is 6.07 Å². The number of carbonyl (C=O) groups is 1. The average molecular weight is 485 g/mol. The lowest BCUT2D eigenvalue weighted by atomic mass is 9.98. The summed E-state index contributed by atoms with van der Waals surface area (Å²) in [5.74, 6) is -0.332. The fourth-order valence-corrected chi connectivity index (χ4v) is 5.37. The molecule has 0 spiro atoms. The zero-order valence-corrected chi connectivity index (χ0v) is 19.0. The molecule has 5 aromatic rings. The smallest absolute Gasteiger partial charge is 0.297 e. The molecule has 1 aliphatic heterocycles. The fraction of sp³-hybridized carbons (Fsp3) is 0.0741. The molecule has 0 N–H and O–H groups in total. The first kappa shape index (κ1) is 21.2. The van der Waals surface area contributed by atoms with Crippen molar-refractivity contribution in [2.75, 3.05) is 11.5 Å². The van der Waals surface area contributed by atoms with Gasteiger partial charge in [-0.15, -0.1) is 0 Å². The number of hydrogen-bond acceptors (Lipinski definition) is 6. The summed E-state index contributed by atoms with van der Waals surface area (Å²) < 4.78 is 26.1. The van der Waals surface area contributed by atoms with Gasteiger partial charge in [-0.3, -0.25) is 14.5 Å². The molecule has 0 bridgehead atoms. The molecule has 3 heterocycles. The third-order valence-electron chi connectivity index (χ3n) is 5.86. The molecule has 1 atom stereocenters. The molecule has 6 rings (SSSR count). The van der Waals surface area contributed by atoms with Gasteiger partial charge in [-0.2, -0.15) is 0 Å². The summed E-state index contributed by atoms with van der Waals surface area (Å²) in [4.78, 5) is 33.4. The molecular weight excluding hydrogens is 467 g/mol. The highest BCUT2D eigenvalue weighted by molar-refractivity contribution is 7.22. The summed E-state index contributed by atoms with van der Waals surface area (Å²) in [5.41, 5.74) is 1.50. The number of nitrogens with zero attached hydrogens (tertiary/aromatic N) is 2. The number of ether oxygens (including phenoxy) is 1. The summed E-state index contributed by atoms with van der Waals surface area (Å²) >= 11 is 1.18. The molecule has 1 amide bonds. The number of fused-ring (bicyclic) bond motifs is 3. The van der Waals surface area contributed by atoms with Crippen LogP contribution >= 0.6 is 11.3 Å². The Kier molecular flexibility index (Phi) is 4.96. The van der Waals surface area contributed by atoms with Crippen LogP contribution in [-0.4, -0.2) is 17.5 Å². The number of aromatic nitrogens is 1. The van der Waals surface area contributed by atoms with E-state index in [0.717, 1.165) is 0 Å². The van der Waals surface area contributed by atoms with Crippen LogP contribution < -0.4 is 15.1 Å². The zero-order chi connectivity index (χ0) is 24.1. The van der Waals surface area contributed by atoms with E-state index in [1.165, 1.54) is 28.4 Å². The maximum absolute atomic E-state index is 13.8. The first-order chi connectivity index (χ1) is 17.0. The molecule has 0 fully saturated rings. The second kappa shape index (κ2) is 8.18. The fourth-order valence-electron chi connectivity index (χ4n) is 4.35. The number of para-hydroxylation sites is 1. The van der Waals surface area contributed by atoms with Gasteiger partial charge in [-0.1, -0.05) is 48.3 Å². The van der Waals surface area contributed by atoms with Crippen LogP contribution in [0, 0.1) is 5.82 Å². The van der Waals surface area contributed by atoms with E-state index >= 15 is 0 Å². The van der Waals surface area contributed by atoms with E-state index in [-0.39, 0.29) is 16.8 Å². The third kappa shape index (κ3) is 3.41. The molecule has 0 saturated heterocycles. The SMILES string of the molecule is C=CCOc1cccc([C@H]2c3c(oc4ccccc4c3=O)C(=O)N2c2nc3ccc(F)cc3s2)c1. The Morgan fingerprint density at radius 1 is 1.11 bits per heavy atom. The minimum atomic E-state index is -0.795. The van der Waals surface area contributed by atoms with Crippen molar-refractivity contribution in [1.29, 1.82) is 0 Å². The number of anilines is 1. The highest BCUT2D eigenvalue weighted by Crippen LogP contribution is 2.44. The van der Waals surface area contributed by atoms with Gasteiger partial charge >= 0.3 is 0 Å². The van der Waals surface area contributed by atoms with Gasteiger partial charge in [0.15, 0.2) is 10.6 Å². The standard InChI is InChI=1S/C27H17FN2O4S/c1-2-12-33-17-7-5-6-15(13-17)23-22-24(31)18-8-3-4-9-20(18)34-25(22)26(32)30(23)27-29-19-11-10-16(28)14-21(19)35-27/h2-11,13-14,23H,1,12H2/t23-/m0/s1. The van der Waals surface area contributed by atoms with E-state index < -0.39 is 17.8 Å². The van der Waals surface area contributed by atoms with Crippen LogP contribution in [-0.2, 0) is 0 Å². The van der Waals surface area contributed by atoms with Gasteiger partial charge in [0.2, 0.25) is 5.76 Å². The van der Waals surface area contributed by atoms with Gasteiger partial charge in [0, 0.05) is 0 Å². The van der Waals surface area contributed by atoms with Crippen molar-refractivity contribution in [2.45, 2.75) is 6.04 Å². The minimum Gasteiger partial charge on any atom is -0.490 e. The number of halogens is 1. The van der Waals surface area contributed by atoms with E-state index in [9.17, 15) is 14.0 Å². The number of carbonyl (C=O) groups excluding carboxylic acids is 1. The largest absolute Gasteiger partial charge is 0.490 e. The van der Waals surface area contributed by atoms with E-state index in [2.05, 4.69) is 11.6 Å². The Bertz CT molecular complexity index is 1710. The van der Waals surface area contributed by atoms with Gasteiger partial charge in [0.05, 0.1) is 27.2 Å². The Labute approximate surface area is 202 Å². The van der Waals surface area contributed by atoms with Crippen molar-refractivity contribution in [3.8, 4) is 5.75 Å².